The van der Waals surface area contributed by atoms with E-state index in [1.807, 2.05) is 0 Å². The van der Waals surface area contributed by atoms with Gasteiger partial charge >= 0.3 is 0 Å². The van der Waals surface area contributed by atoms with Crippen molar-refractivity contribution in [1.29, 1.82) is 0 Å². The third-order valence-corrected chi connectivity index (χ3v) is 4.86. The fourth-order valence-corrected chi connectivity index (χ4v) is 3.17. The predicted octanol–water partition coefficient (Wildman–Crippen LogP) is 5.62. The summed E-state index contributed by atoms with van der Waals surface area (Å²) in [4.78, 5) is 0. The average molecular weight is 265 g/mol. The number of aryl methyl sites for hydroxylation is 4. The Morgan fingerprint density at radius 1 is 0.550 bits per heavy atom. The zero-order valence-corrected chi connectivity index (χ0v) is 14.1. The molecular formula is C20H25. The van der Waals surface area contributed by atoms with E-state index in [2.05, 4.69) is 67.5 Å². The molecule has 0 amide bonds. The van der Waals surface area contributed by atoms with Crippen molar-refractivity contribution in [3.8, 4) is 11.1 Å². The van der Waals surface area contributed by atoms with Gasteiger partial charge < -0.3 is 0 Å². The van der Waals surface area contributed by atoms with Crippen LogP contribution < -0.4 is 0 Å². The van der Waals surface area contributed by atoms with E-state index in [4.69, 9.17) is 0 Å². The van der Waals surface area contributed by atoms with E-state index in [9.17, 15) is 0 Å². The zero-order chi connectivity index (χ0) is 15.2. The Bertz CT molecular complexity index is 662. The minimum absolute atomic E-state index is 1.26. The maximum atomic E-state index is 3.48. The minimum Gasteiger partial charge on any atom is -0.0555 e. The highest BCUT2D eigenvalue weighted by Gasteiger charge is 2.16. The molecule has 20 heavy (non-hydrogen) atoms. The minimum atomic E-state index is 1.26. The summed E-state index contributed by atoms with van der Waals surface area (Å²) in [5, 5.41) is 0. The summed E-state index contributed by atoms with van der Waals surface area (Å²) in [6.45, 7) is 17.7. The molecule has 0 aliphatic carbocycles. The van der Waals surface area contributed by atoms with Crippen molar-refractivity contribution in [3.05, 3.63) is 56.6 Å². The second-order valence-corrected chi connectivity index (χ2v) is 6.14. The van der Waals surface area contributed by atoms with Crippen molar-refractivity contribution in [2.24, 2.45) is 0 Å². The van der Waals surface area contributed by atoms with Gasteiger partial charge in [0, 0.05) is 0 Å². The van der Waals surface area contributed by atoms with E-state index in [0.29, 0.717) is 0 Å². The molecule has 0 bridgehead atoms. The summed E-state index contributed by atoms with van der Waals surface area (Å²) < 4.78 is 0. The molecule has 0 aliphatic rings. The lowest BCUT2D eigenvalue weighted by molar-refractivity contribution is 1.19. The van der Waals surface area contributed by atoms with Crippen molar-refractivity contribution in [2.75, 3.05) is 0 Å². The van der Waals surface area contributed by atoms with Crippen LogP contribution in [0.3, 0.4) is 0 Å². The first kappa shape index (κ1) is 14.8. The van der Waals surface area contributed by atoms with Gasteiger partial charge in [-0.05, 0) is 117 Å². The van der Waals surface area contributed by atoms with Crippen LogP contribution in [-0.2, 0) is 0 Å². The predicted molar refractivity (Wildman–Crippen MR) is 88.6 cm³/mol. The molecule has 0 nitrogen and oxygen atoms in total. The van der Waals surface area contributed by atoms with Crippen molar-refractivity contribution < 1.29 is 0 Å². The summed E-state index contributed by atoms with van der Waals surface area (Å²) in [7, 11) is 0. The Labute approximate surface area is 123 Å². The van der Waals surface area contributed by atoms with Crippen molar-refractivity contribution in [3.63, 3.8) is 0 Å². The van der Waals surface area contributed by atoms with Crippen molar-refractivity contribution >= 4 is 0 Å². The molecular weight excluding hydrogens is 240 g/mol. The third kappa shape index (κ3) is 2.18. The van der Waals surface area contributed by atoms with Crippen LogP contribution in [0.1, 0.15) is 44.5 Å². The number of hydrogen-bond acceptors (Lipinski definition) is 0. The number of benzene rings is 2. The molecule has 0 N–H and O–H groups in total. The van der Waals surface area contributed by atoms with Gasteiger partial charge in [-0.25, -0.2) is 0 Å². The Morgan fingerprint density at radius 3 is 1.55 bits per heavy atom. The van der Waals surface area contributed by atoms with Gasteiger partial charge in [-0.15, -0.1) is 0 Å². The van der Waals surface area contributed by atoms with Gasteiger partial charge in [0.1, 0.15) is 0 Å². The van der Waals surface area contributed by atoms with E-state index >= 15 is 0 Å². The maximum Gasteiger partial charge on any atom is -0.0114 e. The first-order valence-electron chi connectivity index (χ1n) is 7.33. The van der Waals surface area contributed by atoms with Crippen LogP contribution in [0.5, 0.6) is 0 Å². The van der Waals surface area contributed by atoms with Crippen molar-refractivity contribution in [2.45, 2.75) is 55.4 Å². The van der Waals surface area contributed by atoms with Crippen LogP contribution in [-0.4, -0.2) is 0 Å². The van der Waals surface area contributed by atoms with E-state index in [1.54, 1.807) is 0 Å². The summed E-state index contributed by atoms with van der Waals surface area (Å²) in [5.41, 5.74) is 13.7. The molecule has 2 aromatic rings. The average Bonchev–Trinajstić information content (AvgIpc) is 2.38. The summed E-state index contributed by atoms with van der Waals surface area (Å²) in [6.07, 6.45) is 0. The SMILES string of the molecule is Cc1[c]c(C)c(C)c(-c2c(C)cc(C)c(C)c2C)c1C. The second-order valence-electron chi connectivity index (χ2n) is 6.14. The molecule has 2 aromatic carbocycles. The van der Waals surface area contributed by atoms with Gasteiger partial charge in [0.05, 0.1) is 0 Å². The summed E-state index contributed by atoms with van der Waals surface area (Å²) >= 11 is 0. The van der Waals surface area contributed by atoms with E-state index in [-0.39, 0.29) is 0 Å². The van der Waals surface area contributed by atoms with Gasteiger partial charge in [0.2, 0.25) is 0 Å². The molecule has 0 unspecified atom stereocenters. The molecule has 0 aliphatic heterocycles. The number of hydrogen-bond donors (Lipinski definition) is 0. The first-order chi connectivity index (χ1) is 9.25. The van der Waals surface area contributed by atoms with Crippen molar-refractivity contribution in [1.82, 2.24) is 0 Å². The Hall–Kier alpha value is -1.56. The summed E-state index contributed by atoms with van der Waals surface area (Å²) in [6, 6.07) is 5.80. The van der Waals surface area contributed by atoms with Gasteiger partial charge in [-0.1, -0.05) is 6.07 Å². The highest BCUT2D eigenvalue weighted by molar-refractivity contribution is 5.79. The highest BCUT2D eigenvalue weighted by Crippen LogP contribution is 2.37. The normalized spacial score (nSPS) is 11.0. The Morgan fingerprint density at radius 2 is 1.05 bits per heavy atom. The Balaban J connectivity index is 2.93. The van der Waals surface area contributed by atoms with Gasteiger partial charge in [0.15, 0.2) is 0 Å². The highest BCUT2D eigenvalue weighted by atomic mass is 14.2. The van der Waals surface area contributed by atoms with Crippen LogP contribution in [0.15, 0.2) is 6.07 Å². The Kier molecular flexibility index (Phi) is 3.77. The van der Waals surface area contributed by atoms with Crippen LogP contribution in [0.25, 0.3) is 11.1 Å². The van der Waals surface area contributed by atoms with Gasteiger partial charge in [0.25, 0.3) is 0 Å². The van der Waals surface area contributed by atoms with Gasteiger partial charge in [-0.3, -0.25) is 0 Å². The first-order valence-corrected chi connectivity index (χ1v) is 7.33. The topological polar surface area (TPSA) is 0 Å². The van der Waals surface area contributed by atoms with E-state index in [0.717, 1.165) is 0 Å². The standard InChI is InChI=1S/C20H25/c1-11-10-14(4)19(18(8)15(11)5)20-16(6)12(2)9-13(3)17(20)7/h10H,1-8H3. The fourth-order valence-electron chi connectivity index (χ4n) is 3.17. The number of rotatable bonds is 1. The van der Waals surface area contributed by atoms with Gasteiger partial charge in [-0.2, -0.15) is 0 Å². The molecule has 0 aromatic heterocycles. The molecule has 105 valence electrons. The van der Waals surface area contributed by atoms with Crippen LogP contribution >= 0.6 is 0 Å². The largest absolute Gasteiger partial charge is 0.0555 e. The molecule has 2 rings (SSSR count). The fraction of sp³-hybridized carbons (Fsp3) is 0.400. The lowest BCUT2D eigenvalue weighted by Gasteiger charge is -2.21. The smallest absolute Gasteiger partial charge is 0.0114 e. The molecule has 1 radical (unpaired) electrons. The summed E-state index contributed by atoms with van der Waals surface area (Å²) in [5.74, 6) is 0. The molecule has 0 spiro atoms. The molecule has 0 heteroatoms. The van der Waals surface area contributed by atoms with Crippen LogP contribution in [0.4, 0.5) is 0 Å². The van der Waals surface area contributed by atoms with E-state index < -0.39 is 0 Å². The molecule has 0 saturated heterocycles. The lowest BCUT2D eigenvalue weighted by atomic mass is 9.83. The monoisotopic (exact) mass is 265 g/mol. The van der Waals surface area contributed by atoms with Crippen LogP contribution in [0, 0.1) is 61.5 Å². The van der Waals surface area contributed by atoms with Crippen LogP contribution in [0.2, 0.25) is 0 Å². The molecule has 0 atom stereocenters. The third-order valence-electron chi connectivity index (χ3n) is 4.86. The quantitative estimate of drug-likeness (QED) is 0.627. The second kappa shape index (κ2) is 5.09. The lowest BCUT2D eigenvalue weighted by Crippen LogP contribution is -2.01. The molecule has 0 saturated carbocycles. The molecule has 0 heterocycles. The van der Waals surface area contributed by atoms with E-state index in [1.165, 1.54) is 55.6 Å². The maximum absolute atomic E-state index is 3.48. The zero-order valence-electron chi connectivity index (χ0n) is 14.1. The molecule has 0 fully saturated rings.